The van der Waals surface area contributed by atoms with Gasteiger partial charge in [-0.15, -0.1) is 17.1 Å². The molecule has 4 nitrogen and oxygen atoms in total. The minimum absolute atomic E-state index is 0.255. The third-order valence-electron chi connectivity index (χ3n) is 3.01. The number of nitrogens with one attached hydrogen (secondary N) is 3. The molecule has 2 rings (SSSR count). The summed E-state index contributed by atoms with van der Waals surface area (Å²) in [5.41, 5.74) is 4.67. The summed E-state index contributed by atoms with van der Waals surface area (Å²) in [6, 6.07) is 13.8. The van der Waals surface area contributed by atoms with E-state index in [1.54, 1.807) is 24.4 Å². The first kappa shape index (κ1) is 17.6. The van der Waals surface area contributed by atoms with E-state index >= 15 is 0 Å². The molecule has 0 atom stereocenters. The van der Waals surface area contributed by atoms with Gasteiger partial charge in [-0.3, -0.25) is 0 Å². The molecule has 0 aromatic heterocycles. The number of hydrogen-bond acceptors (Lipinski definition) is 2. The lowest BCUT2D eigenvalue weighted by atomic mass is 10.2. The van der Waals surface area contributed by atoms with E-state index in [1.165, 1.54) is 12.1 Å². The molecule has 0 radical (unpaired) electrons. The smallest absolute Gasteiger partial charge is 0.224 e. The molecular formula is C18H19FN3OS+. The van der Waals surface area contributed by atoms with Gasteiger partial charge in [0.25, 0.3) is 0 Å². The Bertz CT molecular complexity index is 716. The summed E-state index contributed by atoms with van der Waals surface area (Å²) >= 11 is 5.06. The van der Waals surface area contributed by atoms with Crippen LogP contribution in [0.4, 0.5) is 4.39 Å². The average Bonchev–Trinajstić information content (AvgIpc) is 2.60. The Balaban J connectivity index is 1.87. The van der Waals surface area contributed by atoms with Crippen LogP contribution in [0.1, 0.15) is 11.1 Å². The average molecular weight is 344 g/mol. The lowest BCUT2D eigenvalue weighted by molar-refractivity contribution is -0.500. The summed E-state index contributed by atoms with van der Waals surface area (Å²) in [5, 5.41) is 6.33. The molecule has 0 aliphatic rings. The number of hydrazone groups is 1. The Labute approximate surface area is 146 Å². The van der Waals surface area contributed by atoms with E-state index in [2.05, 4.69) is 22.4 Å². The third-order valence-corrected chi connectivity index (χ3v) is 3.25. The van der Waals surface area contributed by atoms with Crippen LogP contribution < -0.4 is 20.6 Å². The zero-order valence-electron chi connectivity index (χ0n) is 13.1. The van der Waals surface area contributed by atoms with Gasteiger partial charge in [0.15, 0.2) is 6.21 Å². The summed E-state index contributed by atoms with van der Waals surface area (Å²) < 4.78 is 18.6. The van der Waals surface area contributed by atoms with Gasteiger partial charge in [0, 0.05) is 12.1 Å². The summed E-state index contributed by atoms with van der Waals surface area (Å²) in [6.07, 6.45) is 3.49. The van der Waals surface area contributed by atoms with E-state index in [1.807, 2.05) is 24.3 Å². The summed E-state index contributed by atoms with van der Waals surface area (Å²) in [6.45, 7) is 4.58. The van der Waals surface area contributed by atoms with E-state index in [9.17, 15) is 4.39 Å². The molecule has 0 unspecified atom stereocenters. The molecule has 6 heteroatoms. The van der Waals surface area contributed by atoms with E-state index in [-0.39, 0.29) is 5.82 Å². The quantitative estimate of drug-likeness (QED) is 0.308. The Hall–Kier alpha value is -2.73. The van der Waals surface area contributed by atoms with Gasteiger partial charge in [0.1, 0.15) is 18.2 Å². The highest BCUT2D eigenvalue weighted by molar-refractivity contribution is 7.80. The lowest BCUT2D eigenvalue weighted by Gasteiger charge is -2.06. The molecule has 124 valence electrons. The molecule has 0 aliphatic heterocycles. The number of hydrogen-bond donors (Lipinski definition) is 3. The van der Waals surface area contributed by atoms with Crippen LogP contribution in [-0.2, 0) is 6.61 Å². The first-order chi connectivity index (χ1) is 11.7. The van der Waals surface area contributed by atoms with E-state index in [4.69, 9.17) is 17.0 Å². The van der Waals surface area contributed by atoms with Crippen molar-refractivity contribution in [3.63, 3.8) is 0 Å². The predicted molar refractivity (Wildman–Crippen MR) is 97.2 cm³/mol. The molecule has 0 aliphatic carbocycles. The van der Waals surface area contributed by atoms with Crippen molar-refractivity contribution in [1.29, 1.82) is 0 Å². The van der Waals surface area contributed by atoms with Gasteiger partial charge in [-0.05, 0) is 48.1 Å². The summed E-state index contributed by atoms with van der Waals surface area (Å²) in [4.78, 5) is 0. The molecule has 2 aromatic rings. The van der Waals surface area contributed by atoms with Crippen LogP contribution in [0.15, 0.2) is 61.2 Å². The zero-order chi connectivity index (χ0) is 17.2. The van der Waals surface area contributed by atoms with E-state index < -0.39 is 0 Å². The van der Waals surface area contributed by atoms with Crippen LogP contribution in [0.5, 0.6) is 5.75 Å². The standard InChI is InChI=1S/C18H18FN3OS/c1-2-10-20-18(24)22-21-12-15-4-3-5-17(11-15)23-13-14-6-8-16(19)9-7-14/h2-9,11-12H,1,10,13H2,(H2,20,22,24)/p+1. The topological polar surface area (TPSA) is 47.3 Å². The highest BCUT2D eigenvalue weighted by Crippen LogP contribution is 2.14. The van der Waals surface area contributed by atoms with Crippen LogP contribution in [0, 0.1) is 5.82 Å². The molecule has 0 spiro atoms. The van der Waals surface area contributed by atoms with Crippen molar-refractivity contribution in [1.82, 2.24) is 10.7 Å². The first-order valence-corrected chi connectivity index (χ1v) is 7.79. The van der Waals surface area contributed by atoms with Crippen LogP contribution in [0.25, 0.3) is 0 Å². The van der Waals surface area contributed by atoms with Gasteiger partial charge in [-0.1, -0.05) is 24.3 Å². The Morgan fingerprint density at radius 1 is 1.25 bits per heavy atom. The van der Waals surface area contributed by atoms with Crippen molar-refractivity contribution in [3.05, 3.63) is 78.1 Å². The van der Waals surface area contributed by atoms with Gasteiger partial charge >= 0.3 is 0 Å². The van der Waals surface area contributed by atoms with Crippen molar-refractivity contribution >= 4 is 23.5 Å². The number of thiocarbonyl (C=S) groups is 1. The molecule has 0 heterocycles. The predicted octanol–water partition coefficient (Wildman–Crippen LogP) is 1.47. The normalized spacial score (nSPS) is 10.4. The number of rotatable bonds is 7. The zero-order valence-corrected chi connectivity index (χ0v) is 13.9. The van der Waals surface area contributed by atoms with Crippen LogP contribution in [0.3, 0.4) is 0 Å². The largest absolute Gasteiger partial charge is 0.489 e. The maximum Gasteiger partial charge on any atom is 0.224 e. The fourth-order valence-electron chi connectivity index (χ4n) is 1.84. The molecule has 0 fully saturated rings. The molecular weight excluding hydrogens is 325 g/mol. The molecule has 2 aromatic carbocycles. The maximum absolute atomic E-state index is 12.9. The number of benzene rings is 2. The van der Waals surface area contributed by atoms with Gasteiger partial charge in [-0.2, -0.15) is 0 Å². The second kappa shape index (κ2) is 9.42. The van der Waals surface area contributed by atoms with Crippen molar-refractivity contribution in [3.8, 4) is 5.75 Å². The highest BCUT2D eigenvalue weighted by atomic mass is 32.1. The fraction of sp³-hybridized carbons (Fsp3) is 0.111. The van der Waals surface area contributed by atoms with Crippen molar-refractivity contribution < 1.29 is 14.2 Å². The van der Waals surface area contributed by atoms with Crippen molar-refractivity contribution in [2.75, 3.05) is 6.54 Å². The SMILES string of the molecule is C=CCNC(=S)N[NH+]=Cc1cccc(OCc2ccc(F)cc2)c1. The molecule has 0 bridgehead atoms. The van der Waals surface area contributed by atoms with Crippen LogP contribution in [-0.4, -0.2) is 17.9 Å². The summed E-state index contributed by atoms with van der Waals surface area (Å²) in [5.74, 6) is 0.469. The fourth-order valence-corrected chi connectivity index (χ4v) is 1.98. The first-order valence-electron chi connectivity index (χ1n) is 7.38. The van der Waals surface area contributed by atoms with Crippen LogP contribution in [0.2, 0.25) is 0 Å². The number of hydrazine groups is 1. The Morgan fingerprint density at radius 3 is 2.79 bits per heavy atom. The maximum atomic E-state index is 12.9. The Kier molecular flexibility index (Phi) is 6.91. The second-order valence-corrected chi connectivity index (χ2v) is 5.31. The van der Waals surface area contributed by atoms with E-state index in [0.29, 0.717) is 18.3 Å². The third kappa shape index (κ3) is 6.18. The number of ether oxygens (including phenoxy) is 1. The molecule has 0 amide bonds. The van der Waals surface area contributed by atoms with Gasteiger partial charge in [0.05, 0.1) is 0 Å². The van der Waals surface area contributed by atoms with Gasteiger partial charge < -0.3 is 10.1 Å². The number of halogens is 1. The molecule has 24 heavy (non-hydrogen) atoms. The Morgan fingerprint density at radius 2 is 2.04 bits per heavy atom. The summed E-state index contributed by atoms with van der Waals surface area (Å²) in [7, 11) is 0. The minimum atomic E-state index is -0.255. The lowest BCUT2D eigenvalue weighted by Crippen LogP contribution is -2.82. The van der Waals surface area contributed by atoms with Crippen molar-refractivity contribution in [2.45, 2.75) is 6.61 Å². The van der Waals surface area contributed by atoms with Crippen molar-refractivity contribution in [2.24, 2.45) is 0 Å². The highest BCUT2D eigenvalue weighted by Gasteiger charge is 2.00. The van der Waals surface area contributed by atoms with Gasteiger partial charge in [0.2, 0.25) is 5.11 Å². The van der Waals surface area contributed by atoms with Gasteiger partial charge in [-0.25, -0.2) is 4.39 Å². The van der Waals surface area contributed by atoms with E-state index in [0.717, 1.165) is 16.9 Å². The minimum Gasteiger partial charge on any atom is -0.489 e. The van der Waals surface area contributed by atoms with Crippen LogP contribution >= 0.6 is 12.2 Å². The molecule has 0 saturated carbocycles. The molecule has 3 N–H and O–H groups in total. The monoisotopic (exact) mass is 344 g/mol. The molecule has 0 saturated heterocycles. The second-order valence-electron chi connectivity index (χ2n) is 4.90.